The molecule has 3 heteroatoms. The van der Waals surface area contributed by atoms with Crippen LogP contribution in [0.4, 0.5) is 0 Å². The summed E-state index contributed by atoms with van der Waals surface area (Å²) < 4.78 is 5.52. The fourth-order valence-electron chi connectivity index (χ4n) is 2.16. The van der Waals surface area contributed by atoms with Crippen LogP contribution in [0.15, 0.2) is 22.6 Å². The van der Waals surface area contributed by atoms with E-state index in [0.29, 0.717) is 5.58 Å². The maximum absolute atomic E-state index is 11.3. The molecule has 1 aromatic carbocycles. The van der Waals surface area contributed by atoms with Crippen molar-refractivity contribution in [3.63, 3.8) is 0 Å². The molecule has 1 heterocycles. The van der Waals surface area contributed by atoms with Crippen LogP contribution in [0, 0.1) is 6.92 Å². The number of para-hydroxylation sites is 1. The molecule has 90 valence electrons. The number of carboxylic acid groups (broad SMARTS) is 1. The van der Waals surface area contributed by atoms with Crippen LogP contribution in [-0.4, -0.2) is 11.1 Å². The first-order valence-corrected chi connectivity index (χ1v) is 5.58. The molecule has 1 N–H and O–H groups in total. The number of hydrogen-bond acceptors (Lipinski definition) is 2. The topological polar surface area (TPSA) is 50.4 Å². The van der Waals surface area contributed by atoms with E-state index in [0.717, 1.165) is 16.5 Å². The molecule has 0 unspecified atom stereocenters. The highest BCUT2D eigenvalue weighted by Gasteiger charge is 2.29. The van der Waals surface area contributed by atoms with Gasteiger partial charge in [-0.2, -0.15) is 0 Å². The SMILES string of the molecule is Cc1cccc2c(C(C)(C)C)c(C(=O)O)oc12. The molecule has 1 aromatic heterocycles. The van der Waals surface area contributed by atoms with E-state index in [4.69, 9.17) is 4.42 Å². The smallest absolute Gasteiger partial charge is 0.372 e. The summed E-state index contributed by atoms with van der Waals surface area (Å²) in [6, 6.07) is 5.76. The molecule has 0 spiro atoms. The van der Waals surface area contributed by atoms with Gasteiger partial charge in [0.05, 0.1) is 0 Å². The van der Waals surface area contributed by atoms with E-state index in [9.17, 15) is 9.90 Å². The van der Waals surface area contributed by atoms with Crippen LogP contribution in [-0.2, 0) is 5.41 Å². The Labute approximate surface area is 100 Å². The molecule has 3 nitrogen and oxygen atoms in total. The minimum Gasteiger partial charge on any atom is -0.475 e. The van der Waals surface area contributed by atoms with Crippen LogP contribution in [0.5, 0.6) is 0 Å². The van der Waals surface area contributed by atoms with Gasteiger partial charge in [-0.1, -0.05) is 39.0 Å². The fourth-order valence-corrected chi connectivity index (χ4v) is 2.16. The van der Waals surface area contributed by atoms with Crippen molar-refractivity contribution in [2.75, 3.05) is 0 Å². The number of benzene rings is 1. The first-order chi connectivity index (χ1) is 7.82. The number of aryl methyl sites for hydroxylation is 1. The molecule has 0 amide bonds. The highest BCUT2D eigenvalue weighted by Crippen LogP contribution is 2.36. The summed E-state index contributed by atoms with van der Waals surface area (Å²) >= 11 is 0. The zero-order valence-corrected chi connectivity index (χ0v) is 10.5. The number of furan rings is 1. The van der Waals surface area contributed by atoms with Crippen molar-refractivity contribution in [3.05, 3.63) is 35.1 Å². The highest BCUT2D eigenvalue weighted by molar-refractivity contribution is 5.96. The van der Waals surface area contributed by atoms with Gasteiger partial charge in [0.1, 0.15) is 5.58 Å². The van der Waals surface area contributed by atoms with E-state index in [1.54, 1.807) is 0 Å². The lowest BCUT2D eigenvalue weighted by Gasteiger charge is -2.17. The predicted octanol–water partition coefficient (Wildman–Crippen LogP) is 3.74. The third kappa shape index (κ3) is 1.82. The van der Waals surface area contributed by atoms with E-state index < -0.39 is 5.97 Å². The van der Waals surface area contributed by atoms with Crippen LogP contribution in [0.1, 0.15) is 42.5 Å². The zero-order valence-electron chi connectivity index (χ0n) is 10.5. The predicted molar refractivity (Wildman–Crippen MR) is 66.6 cm³/mol. The van der Waals surface area contributed by atoms with E-state index in [1.165, 1.54) is 0 Å². The summed E-state index contributed by atoms with van der Waals surface area (Å²) in [5.41, 5.74) is 2.14. The Hall–Kier alpha value is -1.77. The van der Waals surface area contributed by atoms with Gasteiger partial charge in [-0.3, -0.25) is 0 Å². The summed E-state index contributed by atoms with van der Waals surface area (Å²) in [7, 11) is 0. The molecular formula is C14H16O3. The average molecular weight is 232 g/mol. The van der Waals surface area contributed by atoms with E-state index in [1.807, 2.05) is 45.9 Å². The van der Waals surface area contributed by atoms with Gasteiger partial charge >= 0.3 is 5.97 Å². The van der Waals surface area contributed by atoms with Crippen molar-refractivity contribution in [1.29, 1.82) is 0 Å². The molecule has 0 saturated heterocycles. The van der Waals surface area contributed by atoms with Gasteiger partial charge in [0.2, 0.25) is 5.76 Å². The number of carbonyl (C=O) groups is 1. The zero-order chi connectivity index (χ0) is 12.8. The van der Waals surface area contributed by atoms with Gasteiger partial charge in [-0.25, -0.2) is 4.79 Å². The largest absolute Gasteiger partial charge is 0.475 e. The maximum atomic E-state index is 11.3. The molecular weight excluding hydrogens is 216 g/mol. The fraction of sp³-hybridized carbons (Fsp3) is 0.357. The third-order valence-electron chi connectivity index (χ3n) is 2.86. The van der Waals surface area contributed by atoms with Gasteiger partial charge < -0.3 is 9.52 Å². The molecule has 0 atom stereocenters. The second-order valence-corrected chi connectivity index (χ2v) is 5.31. The Morgan fingerprint density at radius 1 is 1.29 bits per heavy atom. The number of aromatic carboxylic acids is 1. The molecule has 0 radical (unpaired) electrons. The monoisotopic (exact) mass is 232 g/mol. The summed E-state index contributed by atoms with van der Waals surface area (Å²) in [6.07, 6.45) is 0. The second kappa shape index (κ2) is 3.62. The number of carboxylic acids is 1. The van der Waals surface area contributed by atoms with Crippen LogP contribution < -0.4 is 0 Å². The Balaban J connectivity index is 2.91. The molecule has 0 bridgehead atoms. The van der Waals surface area contributed by atoms with E-state index in [-0.39, 0.29) is 11.2 Å². The van der Waals surface area contributed by atoms with Crippen LogP contribution in [0.25, 0.3) is 11.0 Å². The van der Waals surface area contributed by atoms with Crippen molar-refractivity contribution >= 4 is 16.9 Å². The van der Waals surface area contributed by atoms with Crippen molar-refractivity contribution in [2.45, 2.75) is 33.1 Å². The first kappa shape index (κ1) is 11.7. The number of rotatable bonds is 1. The van der Waals surface area contributed by atoms with E-state index >= 15 is 0 Å². The van der Waals surface area contributed by atoms with Gasteiger partial charge in [0, 0.05) is 10.9 Å². The van der Waals surface area contributed by atoms with Crippen LogP contribution in [0.3, 0.4) is 0 Å². The molecule has 2 aromatic rings. The van der Waals surface area contributed by atoms with Gasteiger partial charge in [0.15, 0.2) is 0 Å². The van der Waals surface area contributed by atoms with Gasteiger partial charge in [-0.15, -0.1) is 0 Å². The lowest BCUT2D eigenvalue weighted by molar-refractivity contribution is 0.0661. The summed E-state index contributed by atoms with van der Waals surface area (Å²) in [6.45, 7) is 7.90. The second-order valence-electron chi connectivity index (χ2n) is 5.31. The normalized spacial score (nSPS) is 12.0. The van der Waals surface area contributed by atoms with Gasteiger partial charge in [0.25, 0.3) is 0 Å². The van der Waals surface area contributed by atoms with Crippen LogP contribution >= 0.6 is 0 Å². The number of fused-ring (bicyclic) bond motifs is 1. The third-order valence-corrected chi connectivity index (χ3v) is 2.86. The van der Waals surface area contributed by atoms with Crippen molar-refractivity contribution < 1.29 is 14.3 Å². The average Bonchev–Trinajstić information content (AvgIpc) is 2.57. The van der Waals surface area contributed by atoms with Crippen LogP contribution in [0.2, 0.25) is 0 Å². The quantitative estimate of drug-likeness (QED) is 0.814. The first-order valence-electron chi connectivity index (χ1n) is 5.58. The molecule has 17 heavy (non-hydrogen) atoms. The molecule has 0 aliphatic heterocycles. The molecule has 2 rings (SSSR count). The molecule has 0 aliphatic rings. The Morgan fingerprint density at radius 2 is 1.94 bits per heavy atom. The van der Waals surface area contributed by atoms with Crippen molar-refractivity contribution in [1.82, 2.24) is 0 Å². The maximum Gasteiger partial charge on any atom is 0.372 e. The Bertz CT molecular complexity index is 585. The van der Waals surface area contributed by atoms with Crippen molar-refractivity contribution in [2.24, 2.45) is 0 Å². The van der Waals surface area contributed by atoms with Gasteiger partial charge in [-0.05, 0) is 17.9 Å². The number of hydrogen-bond donors (Lipinski definition) is 1. The minimum atomic E-state index is -1.01. The van der Waals surface area contributed by atoms with Crippen molar-refractivity contribution in [3.8, 4) is 0 Å². The highest BCUT2D eigenvalue weighted by atomic mass is 16.4. The lowest BCUT2D eigenvalue weighted by Crippen LogP contribution is -2.15. The minimum absolute atomic E-state index is 0.0572. The van der Waals surface area contributed by atoms with E-state index in [2.05, 4.69) is 0 Å². The molecule has 0 saturated carbocycles. The summed E-state index contributed by atoms with van der Waals surface area (Å²) in [4.78, 5) is 11.3. The summed E-state index contributed by atoms with van der Waals surface area (Å²) in [5, 5.41) is 10.1. The summed E-state index contributed by atoms with van der Waals surface area (Å²) in [5.74, 6) is -0.952. The molecule has 0 fully saturated rings. The lowest BCUT2D eigenvalue weighted by atomic mass is 9.84. The Morgan fingerprint density at radius 3 is 2.47 bits per heavy atom. The Kier molecular flexibility index (Phi) is 2.49. The molecule has 0 aliphatic carbocycles. The standard InChI is InChI=1S/C14H16O3/c1-8-6-5-7-9-10(14(2,3)4)12(13(15)16)17-11(8)9/h5-7H,1-4H3,(H,15,16).